The second-order valence-electron chi connectivity index (χ2n) is 6.09. The number of benzene rings is 2. The van der Waals surface area contributed by atoms with Gasteiger partial charge in [-0.05, 0) is 42.7 Å². The molecular weight excluding hydrogens is 374 g/mol. The zero-order valence-electron chi connectivity index (χ0n) is 15.8. The molecule has 1 unspecified atom stereocenters. The van der Waals surface area contributed by atoms with E-state index >= 15 is 0 Å². The number of rotatable bonds is 10. The maximum Gasteiger partial charge on any atom is 0.251 e. The van der Waals surface area contributed by atoms with E-state index in [4.69, 9.17) is 0 Å². The standard InChI is InChI=1S/C21H25N3O3S/c1-28-15-12-18(24-20(26)17-10-6-3-7-11-17)21(27)23-14-13-22-19(25)16-8-4-2-5-9-16/h2-11,18H,12-15H2,1H3,(H,22,25)(H,23,27)(H,24,26). The van der Waals surface area contributed by atoms with Crippen molar-refractivity contribution in [2.75, 3.05) is 25.1 Å². The summed E-state index contributed by atoms with van der Waals surface area (Å²) < 4.78 is 0. The molecule has 1 atom stereocenters. The van der Waals surface area contributed by atoms with Crippen LogP contribution in [0.25, 0.3) is 0 Å². The Kier molecular flexibility index (Phi) is 9.07. The highest BCUT2D eigenvalue weighted by atomic mass is 32.2. The lowest BCUT2D eigenvalue weighted by Crippen LogP contribution is -2.48. The molecule has 0 heterocycles. The lowest BCUT2D eigenvalue weighted by atomic mass is 10.1. The van der Waals surface area contributed by atoms with Crippen molar-refractivity contribution < 1.29 is 14.4 Å². The number of carbonyl (C=O) groups is 3. The molecule has 6 nitrogen and oxygen atoms in total. The number of nitrogens with one attached hydrogen (secondary N) is 3. The van der Waals surface area contributed by atoms with Crippen molar-refractivity contribution in [1.29, 1.82) is 0 Å². The maximum atomic E-state index is 12.5. The molecule has 0 radical (unpaired) electrons. The van der Waals surface area contributed by atoms with Gasteiger partial charge in [0.15, 0.2) is 0 Å². The molecule has 0 aliphatic carbocycles. The summed E-state index contributed by atoms with van der Waals surface area (Å²) in [7, 11) is 0. The molecule has 28 heavy (non-hydrogen) atoms. The van der Waals surface area contributed by atoms with Crippen molar-refractivity contribution in [1.82, 2.24) is 16.0 Å². The molecule has 2 aromatic rings. The molecule has 0 bridgehead atoms. The van der Waals surface area contributed by atoms with Crippen LogP contribution in [0.5, 0.6) is 0 Å². The minimum absolute atomic E-state index is 0.189. The SMILES string of the molecule is CSCCC(NC(=O)c1ccccc1)C(=O)NCCNC(=O)c1ccccc1. The lowest BCUT2D eigenvalue weighted by molar-refractivity contribution is -0.122. The van der Waals surface area contributed by atoms with Gasteiger partial charge in [-0.15, -0.1) is 0 Å². The summed E-state index contributed by atoms with van der Waals surface area (Å²) in [6, 6.07) is 17.1. The van der Waals surface area contributed by atoms with Crippen molar-refractivity contribution in [3.05, 3.63) is 71.8 Å². The molecule has 7 heteroatoms. The second-order valence-corrected chi connectivity index (χ2v) is 7.07. The zero-order valence-corrected chi connectivity index (χ0v) is 16.6. The van der Waals surface area contributed by atoms with Gasteiger partial charge in [-0.25, -0.2) is 0 Å². The molecular formula is C21H25N3O3S. The molecule has 0 fully saturated rings. The first-order valence-electron chi connectivity index (χ1n) is 9.07. The summed E-state index contributed by atoms with van der Waals surface area (Å²) in [5.74, 6) is 0.0236. The Morgan fingerprint density at radius 1 is 0.821 bits per heavy atom. The normalized spacial score (nSPS) is 11.3. The van der Waals surface area contributed by atoms with E-state index in [1.54, 1.807) is 60.3 Å². The Balaban J connectivity index is 1.81. The molecule has 0 spiro atoms. The molecule has 0 aromatic heterocycles. The molecule has 0 aliphatic heterocycles. The number of amides is 3. The van der Waals surface area contributed by atoms with E-state index in [1.165, 1.54) is 0 Å². The van der Waals surface area contributed by atoms with Gasteiger partial charge in [-0.1, -0.05) is 36.4 Å². The highest BCUT2D eigenvalue weighted by Crippen LogP contribution is 2.04. The quantitative estimate of drug-likeness (QED) is 0.534. The minimum atomic E-state index is -0.620. The average Bonchev–Trinajstić information content (AvgIpc) is 2.74. The van der Waals surface area contributed by atoms with Gasteiger partial charge in [0.2, 0.25) is 5.91 Å². The summed E-state index contributed by atoms with van der Waals surface area (Å²) in [6.45, 7) is 0.593. The summed E-state index contributed by atoms with van der Waals surface area (Å²) in [6.07, 6.45) is 2.48. The minimum Gasteiger partial charge on any atom is -0.353 e. The van der Waals surface area contributed by atoms with Crippen LogP contribution >= 0.6 is 11.8 Å². The van der Waals surface area contributed by atoms with E-state index in [2.05, 4.69) is 16.0 Å². The molecule has 0 aliphatic rings. The number of hydrogen-bond donors (Lipinski definition) is 3. The van der Waals surface area contributed by atoms with E-state index in [9.17, 15) is 14.4 Å². The van der Waals surface area contributed by atoms with Gasteiger partial charge in [0.1, 0.15) is 6.04 Å². The summed E-state index contributed by atoms with van der Waals surface area (Å²) in [5.41, 5.74) is 1.08. The topological polar surface area (TPSA) is 87.3 Å². The highest BCUT2D eigenvalue weighted by Gasteiger charge is 2.20. The summed E-state index contributed by atoms with van der Waals surface area (Å²) in [5, 5.41) is 8.33. The van der Waals surface area contributed by atoms with E-state index in [0.29, 0.717) is 24.1 Å². The van der Waals surface area contributed by atoms with Crippen molar-refractivity contribution in [3.8, 4) is 0 Å². The van der Waals surface area contributed by atoms with Crippen molar-refractivity contribution >= 4 is 29.5 Å². The lowest BCUT2D eigenvalue weighted by Gasteiger charge is -2.18. The van der Waals surface area contributed by atoms with Crippen LogP contribution in [0.15, 0.2) is 60.7 Å². The smallest absolute Gasteiger partial charge is 0.251 e. The van der Waals surface area contributed by atoms with Crippen LogP contribution < -0.4 is 16.0 Å². The Labute approximate surface area is 169 Å². The first kappa shape index (κ1) is 21.5. The van der Waals surface area contributed by atoms with Gasteiger partial charge < -0.3 is 16.0 Å². The molecule has 3 amide bonds. The Morgan fingerprint density at radius 3 is 1.93 bits per heavy atom. The van der Waals surface area contributed by atoms with E-state index in [0.717, 1.165) is 5.75 Å². The van der Waals surface area contributed by atoms with Crippen LogP contribution in [0.3, 0.4) is 0 Å². The molecule has 2 aromatic carbocycles. The third-order valence-corrected chi connectivity index (χ3v) is 4.66. The Hall–Kier alpha value is -2.80. The van der Waals surface area contributed by atoms with Crippen LogP contribution in [-0.2, 0) is 4.79 Å². The second kappa shape index (κ2) is 11.8. The Morgan fingerprint density at radius 2 is 1.36 bits per heavy atom. The monoisotopic (exact) mass is 399 g/mol. The summed E-state index contributed by atoms with van der Waals surface area (Å²) in [4.78, 5) is 36.8. The number of carbonyl (C=O) groups excluding carboxylic acids is 3. The fourth-order valence-electron chi connectivity index (χ4n) is 2.51. The molecule has 0 saturated heterocycles. The van der Waals surface area contributed by atoms with Crippen LogP contribution in [0.2, 0.25) is 0 Å². The molecule has 2 rings (SSSR count). The fourth-order valence-corrected chi connectivity index (χ4v) is 2.98. The van der Waals surface area contributed by atoms with Crippen LogP contribution in [0.1, 0.15) is 27.1 Å². The molecule has 148 valence electrons. The number of thioether (sulfide) groups is 1. The van der Waals surface area contributed by atoms with E-state index in [1.807, 2.05) is 18.4 Å². The summed E-state index contributed by atoms with van der Waals surface area (Å²) >= 11 is 1.61. The zero-order chi connectivity index (χ0) is 20.2. The predicted octanol–water partition coefficient (Wildman–Crippen LogP) is 2.08. The molecule has 3 N–H and O–H groups in total. The van der Waals surface area contributed by atoms with Crippen molar-refractivity contribution in [3.63, 3.8) is 0 Å². The van der Waals surface area contributed by atoms with Gasteiger partial charge in [0.05, 0.1) is 0 Å². The third kappa shape index (κ3) is 7.08. The van der Waals surface area contributed by atoms with Gasteiger partial charge in [0.25, 0.3) is 11.8 Å². The van der Waals surface area contributed by atoms with Crippen LogP contribution in [0, 0.1) is 0 Å². The van der Waals surface area contributed by atoms with Crippen molar-refractivity contribution in [2.45, 2.75) is 12.5 Å². The third-order valence-electron chi connectivity index (χ3n) is 4.01. The average molecular weight is 400 g/mol. The van der Waals surface area contributed by atoms with Gasteiger partial charge >= 0.3 is 0 Å². The number of hydrogen-bond acceptors (Lipinski definition) is 4. The van der Waals surface area contributed by atoms with Crippen molar-refractivity contribution in [2.24, 2.45) is 0 Å². The highest BCUT2D eigenvalue weighted by molar-refractivity contribution is 7.98. The Bertz CT molecular complexity index is 769. The van der Waals surface area contributed by atoms with E-state index < -0.39 is 6.04 Å². The van der Waals surface area contributed by atoms with Gasteiger partial charge in [-0.3, -0.25) is 14.4 Å². The van der Waals surface area contributed by atoms with Crippen LogP contribution in [0.4, 0.5) is 0 Å². The predicted molar refractivity (Wildman–Crippen MR) is 112 cm³/mol. The maximum absolute atomic E-state index is 12.5. The van der Waals surface area contributed by atoms with Gasteiger partial charge in [-0.2, -0.15) is 11.8 Å². The molecule has 0 saturated carbocycles. The largest absolute Gasteiger partial charge is 0.353 e. The first-order valence-corrected chi connectivity index (χ1v) is 10.5. The first-order chi connectivity index (χ1) is 13.6. The van der Waals surface area contributed by atoms with E-state index in [-0.39, 0.29) is 24.3 Å². The van der Waals surface area contributed by atoms with Crippen LogP contribution in [-0.4, -0.2) is 48.9 Å². The van der Waals surface area contributed by atoms with Gasteiger partial charge in [0, 0.05) is 24.2 Å². The fraction of sp³-hybridized carbons (Fsp3) is 0.286.